The van der Waals surface area contributed by atoms with Crippen molar-refractivity contribution >= 4 is 0 Å². The largest absolute Gasteiger partial charge is 0.493 e. The molecule has 1 N–H and O–H groups in total. The van der Waals surface area contributed by atoms with E-state index < -0.39 is 0 Å². The van der Waals surface area contributed by atoms with Crippen LogP contribution < -0.4 is 14.8 Å². The van der Waals surface area contributed by atoms with E-state index in [4.69, 9.17) is 9.47 Å². The minimum atomic E-state index is 0.0287. The molecule has 0 radical (unpaired) electrons. The zero-order valence-corrected chi connectivity index (χ0v) is 11.7. The number of aromatic nitrogens is 2. The number of methoxy groups -OCH3 is 2. The summed E-state index contributed by atoms with van der Waals surface area (Å²) < 4.78 is 12.4. The van der Waals surface area contributed by atoms with Gasteiger partial charge in [0.25, 0.3) is 0 Å². The van der Waals surface area contributed by atoms with Crippen LogP contribution in [-0.2, 0) is 7.05 Å². The van der Waals surface area contributed by atoms with Crippen LogP contribution in [0.15, 0.2) is 30.5 Å². The number of aryl methyl sites for hydroxylation is 1. The van der Waals surface area contributed by atoms with Crippen molar-refractivity contribution < 1.29 is 9.47 Å². The van der Waals surface area contributed by atoms with Crippen LogP contribution in [0.2, 0.25) is 0 Å². The van der Waals surface area contributed by atoms with Gasteiger partial charge in [0.2, 0.25) is 0 Å². The molecule has 2 aromatic rings. The molecule has 0 amide bonds. The minimum absolute atomic E-state index is 0.0287. The fourth-order valence-electron chi connectivity index (χ4n) is 2.10. The molecule has 0 aliphatic rings. The molecule has 1 aromatic heterocycles. The number of benzene rings is 1. The molecule has 0 spiro atoms. The molecule has 0 bridgehead atoms. The molecular weight excluding hydrogens is 242 g/mol. The predicted octanol–water partition coefficient (Wildman–Crippen LogP) is 1.75. The van der Waals surface area contributed by atoms with E-state index in [0.717, 1.165) is 22.8 Å². The van der Waals surface area contributed by atoms with Crippen molar-refractivity contribution in [2.45, 2.75) is 6.04 Å². The highest BCUT2D eigenvalue weighted by atomic mass is 16.5. The summed E-state index contributed by atoms with van der Waals surface area (Å²) in [6.07, 6.45) is 1.93. The summed E-state index contributed by atoms with van der Waals surface area (Å²) in [5.41, 5.74) is 2.05. The molecule has 5 nitrogen and oxygen atoms in total. The monoisotopic (exact) mass is 261 g/mol. The van der Waals surface area contributed by atoms with Crippen molar-refractivity contribution in [3.63, 3.8) is 0 Å². The van der Waals surface area contributed by atoms with Crippen molar-refractivity contribution in [1.29, 1.82) is 0 Å². The lowest BCUT2D eigenvalue weighted by atomic mass is 10.0. The lowest BCUT2D eigenvalue weighted by molar-refractivity contribution is 0.354. The Morgan fingerprint density at radius 2 is 1.89 bits per heavy atom. The number of ether oxygens (including phenoxy) is 2. The van der Waals surface area contributed by atoms with Crippen molar-refractivity contribution in [2.24, 2.45) is 7.05 Å². The number of nitrogens with one attached hydrogen (secondary N) is 1. The Morgan fingerprint density at radius 1 is 1.16 bits per heavy atom. The SMILES string of the molecule is CNC(c1ccc(OC)c(OC)c1)c1ccn(C)n1. The molecule has 0 saturated heterocycles. The van der Waals surface area contributed by atoms with E-state index in [1.165, 1.54) is 0 Å². The highest BCUT2D eigenvalue weighted by Gasteiger charge is 2.16. The van der Waals surface area contributed by atoms with Gasteiger partial charge >= 0.3 is 0 Å². The third-order valence-corrected chi connectivity index (χ3v) is 3.06. The molecule has 1 atom stereocenters. The first-order chi connectivity index (χ1) is 9.19. The number of hydrogen-bond acceptors (Lipinski definition) is 4. The summed E-state index contributed by atoms with van der Waals surface area (Å²) in [7, 11) is 7.09. The molecule has 0 fully saturated rings. The van der Waals surface area contributed by atoms with Crippen LogP contribution in [0.5, 0.6) is 11.5 Å². The minimum Gasteiger partial charge on any atom is -0.493 e. The molecule has 0 aliphatic carbocycles. The standard InChI is InChI=1S/C14H19N3O2/c1-15-14(11-7-8-17(2)16-11)10-5-6-12(18-3)13(9-10)19-4/h5-9,14-15H,1-4H3. The number of nitrogens with zero attached hydrogens (tertiary/aromatic N) is 2. The fraction of sp³-hybridized carbons (Fsp3) is 0.357. The third-order valence-electron chi connectivity index (χ3n) is 3.06. The van der Waals surface area contributed by atoms with E-state index in [9.17, 15) is 0 Å². The predicted molar refractivity (Wildman–Crippen MR) is 73.7 cm³/mol. The first-order valence-corrected chi connectivity index (χ1v) is 6.08. The Bertz CT molecular complexity index is 551. The van der Waals surface area contributed by atoms with Crippen LogP contribution in [0.25, 0.3) is 0 Å². The van der Waals surface area contributed by atoms with Gasteiger partial charge in [0.1, 0.15) is 0 Å². The van der Waals surface area contributed by atoms with Crippen molar-refractivity contribution in [3.05, 3.63) is 41.7 Å². The van der Waals surface area contributed by atoms with Gasteiger partial charge in [-0.05, 0) is 30.8 Å². The zero-order valence-electron chi connectivity index (χ0n) is 11.7. The highest BCUT2D eigenvalue weighted by molar-refractivity contribution is 5.45. The summed E-state index contributed by atoms with van der Waals surface area (Å²) in [6.45, 7) is 0. The van der Waals surface area contributed by atoms with Gasteiger partial charge in [0.15, 0.2) is 11.5 Å². The van der Waals surface area contributed by atoms with Gasteiger partial charge in [-0.3, -0.25) is 4.68 Å². The van der Waals surface area contributed by atoms with E-state index >= 15 is 0 Å². The van der Waals surface area contributed by atoms with E-state index in [2.05, 4.69) is 10.4 Å². The van der Waals surface area contributed by atoms with Crippen LogP contribution >= 0.6 is 0 Å². The Kier molecular flexibility index (Phi) is 4.06. The van der Waals surface area contributed by atoms with Gasteiger partial charge < -0.3 is 14.8 Å². The molecule has 5 heteroatoms. The van der Waals surface area contributed by atoms with Crippen LogP contribution in [0, 0.1) is 0 Å². The maximum Gasteiger partial charge on any atom is 0.161 e. The Hall–Kier alpha value is -2.01. The Balaban J connectivity index is 2.38. The van der Waals surface area contributed by atoms with Crippen molar-refractivity contribution in [1.82, 2.24) is 15.1 Å². The van der Waals surface area contributed by atoms with Gasteiger partial charge in [0, 0.05) is 13.2 Å². The molecular formula is C14H19N3O2. The van der Waals surface area contributed by atoms with Crippen LogP contribution in [-0.4, -0.2) is 31.0 Å². The average Bonchev–Trinajstić information content (AvgIpc) is 2.86. The van der Waals surface area contributed by atoms with Gasteiger partial charge in [-0.2, -0.15) is 5.10 Å². The van der Waals surface area contributed by atoms with E-state index in [1.807, 2.05) is 44.6 Å². The van der Waals surface area contributed by atoms with E-state index in [-0.39, 0.29) is 6.04 Å². The van der Waals surface area contributed by atoms with Gasteiger partial charge in [0.05, 0.1) is 26.0 Å². The smallest absolute Gasteiger partial charge is 0.161 e. The molecule has 2 rings (SSSR count). The van der Waals surface area contributed by atoms with E-state index in [1.54, 1.807) is 18.9 Å². The number of hydrogen-bond donors (Lipinski definition) is 1. The molecule has 1 unspecified atom stereocenters. The van der Waals surface area contributed by atoms with Gasteiger partial charge in [-0.1, -0.05) is 6.07 Å². The molecule has 102 valence electrons. The second-order valence-corrected chi connectivity index (χ2v) is 4.25. The quantitative estimate of drug-likeness (QED) is 0.890. The highest BCUT2D eigenvalue weighted by Crippen LogP contribution is 2.31. The fourth-order valence-corrected chi connectivity index (χ4v) is 2.10. The maximum atomic E-state index is 5.33. The van der Waals surface area contributed by atoms with Crippen LogP contribution in [0.1, 0.15) is 17.3 Å². The van der Waals surface area contributed by atoms with Gasteiger partial charge in [-0.15, -0.1) is 0 Å². The van der Waals surface area contributed by atoms with Crippen molar-refractivity contribution in [2.75, 3.05) is 21.3 Å². The topological polar surface area (TPSA) is 48.3 Å². The van der Waals surface area contributed by atoms with E-state index in [0.29, 0.717) is 0 Å². The molecule has 1 aromatic carbocycles. The normalized spacial score (nSPS) is 12.2. The summed E-state index contributed by atoms with van der Waals surface area (Å²) in [5.74, 6) is 1.44. The number of rotatable bonds is 5. The average molecular weight is 261 g/mol. The Morgan fingerprint density at radius 3 is 2.42 bits per heavy atom. The summed E-state index contributed by atoms with van der Waals surface area (Å²) >= 11 is 0. The summed E-state index contributed by atoms with van der Waals surface area (Å²) in [4.78, 5) is 0. The maximum absolute atomic E-state index is 5.33. The molecule has 1 heterocycles. The second-order valence-electron chi connectivity index (χ2n) is 4.25. The molecule has 19 heavy (non-hydrogen) atoms. The third kappa shape index (κ3) is 2.71. The molecule has 0 saturated carbocycles. The van der Waals surface area contributed by atoms with Crippen molar-refractivity contribution in [3.8, 4) is 11.5 Å². The Labute approximate surface area is 113 Å². The van der Waals surface area contributed by atoms with Crippen LogP contribution in [0.4, 0.5) is 0 Å². The second kappa shape index (κ2) is 5.75. The van der Waals surface area contributed by atoms with Gasteiger partial charge in [-0.25, -0.2) is 0 Å². The summed E-state index contributed by atoms with van der Waals surface area (Å²) in [6, 6.07) is 7.91. The summed E-state index contributed by atoms with van der Waals surface area (Å²) in [5, 5.41) is 7.70. The molecule has 0 aliphatic heterocycles. The lowest BCUT2D eigenvalue weighted by Gasteiger charge is -2.16. The first kappa shape index (κ1) is 13.4. The van der Waals surface area contributed by atoms with Crippen LogP contribution in [0.3, 0.4) is 0 Å². The zero-order chi connectivity index (χ0) is 13.8. The first-order valence-electron chi connectivity index (χ1n) is 6.08. The lowest BCUT2D eigenvalue weighted by Crippen LogP contribution is -2.18.